The van der Waals surface area contributed by atoms with Gasteiger partial charge in [-0.1, -0.05) is 24.4 Å². The molecule has 1 aliphatic heterocycles. The fourth-order valence-electron chi connectivity index (χ4n) is 2.73. The summed E-state index contributed by atoms with van der Waals surface area (Å²) in [7, 11) is 0. The van der Waals surface area contributed by atoms with Gasteiger partial charge in [-0.15, -0.1) is 0 Å². The Labute approximate surface area is 111 Å². The Kier molecular flexibility index (Phi) is 3.16. The smallest absolute Gasteiger partial charge is 0.261 e. The Morgan fingerprint density at radius 1 is 1.33 bits per heavy atom. The van der Waals surface area contributed by atoms with Crippen molar-refractivity contribution in [2.45, 2.75) is 44.2 Å². The summed E-state index contributed by atoms with van der Waals surface area (Å²) in [6, 6.07) is 5.84. The second-order valence-electron chi connectivity index (χ2n) is 5.05. The average Bonchev–Trinajstić information content (AvgIpc) is 2.96. The molecule has 0 spiro atoms. The molecule has 2 aliphatic rings. The van der Waals surface area contributed by atoms with Crippen LogP contribution in [-0.2, 0) is 11.2 Å². The maximum atomic E-state index is 12.1. The van der Waals surface area contributed by atoms with E-state index in [4.69, 9.17) is 16.3 Å². The van der Waals surface area contributed by atoms with Gasteiger partial charge in [-0.3, -0.25) is 4.79 Å². The monoisotopic (exact) mass is 265 g/mol. The van der Waals surface area contributed by atoms with Gasteiger partial charge in [-0.2, -0.15) is 0 Å². The van der Waals surface area contributed by atoms with Crippen LogP contribution in [0, 0.1) is 0 Å². The molecule has 0 radical (unpaired) electrons. The molecule has 4 heteroatoms. The lowest BCUT2D eigenvalue weighted by atomic mass is 10.1. The first kappa shape index (κ1) is 11.8. The number of amides is 1. The fraction of sp³-hybridized carbons (Fsp3) is 0.500. The second-order valence-corrected chi connectivity index (χ2v) is 5.49. The molecule has 1 N–H and O–H groups in total. The average molecular weight is 266 g/mol. The Balaban J connectivity index is 1.64. The van der Waals surface area contributed by atoms with E-state index in [1.54, 1.807) is 6.07 Å². The zero-order valence-electron chi connectivity index (χ0n) is 10.1. The summed E-state index contributed by atoms with van der Waals surface area (Å²) in [5, 5.41) is 3.76. The van der Waals surface area contributed by atoms with E-state index in [1.807, 2.05) is 12.1 Å². The largest absolute Gasteiger partial charge is 0.480 e. The highest BCUT2D eigenvalue weighted by molar-refractivity contribution is 6.30. The topological polar surface area (TPSA) is 38.3 Å². The number of hydrogen-bond acceptors (Lipinski definition) is 2. The zero-order valence-corrected chi connectivity index (χ0v) is 10.9. The van der Waals surface area contributed by atoms with Crippen molar-refractivity contribution in [1.82, 2.24) is 5.32 Å². The minimum absolute atomic E-state index is 0.00854. The third-order valence-electron chi connectivity index (χ3n) is 3.69. The van der Waals surface area contributed by atoms with Crippen molar-refractivity contribution in [3.05, 3.63) is 28.8 Å². The van der Waals surface area contributed by atoms with E-state index in [-0.39, 0.29) is 12.0 Å². The Bertz CT molecular complexity index is 469. The third kappa shape index (κ3) is 2.32. The van der Waals surface area contributed by atoms with Crippen LogP contribution in [0.5, 0.6) is 5.75 Å². The molecule has 18 heavy (non-hydrogen) atoms. The van der Waals surface area contributed by atoms with E-state index < -0.39 is 0 Å². The van der Waals surface area contributed by atoms with E-state index in [9.17, 15) is 4.79 Å². The summed E-state index contributed by atoms with van der Waals surface area (Å²) >= 11 is 5.93. The number of rotatable bonds is 2. The first-order chi connectivity index (χ1) is 8.72. The van der Waals surface area contributed by atoms with Crippen LogP contribution in [-0.4, -0.2) is 18.1 Å². The molecule has 1 heterocycles. The van der Waals surface area contributed by atoms with Crippen molar-refractivity contribution >= 4 is 17.5 Å². The van der Waals surface area contributed by atoms with Crippen molar-refractivity contribution < 1.29 is 9.53 Å². The van der Waals surface area contributed by atoms with Gasteiger partial charge in [0, 0.05) is 17.5 Å². The van der Waals surface area contributed by atoms with Crippen molar-refractivity contribution in [1.29, 1.82) is 0 Å². The second kappa shape index (κ2) is 4.81. The number of carbonyl (C=O) groups excluding carboxylic acids is 1. The highest BCUT2D eigenvalue weighted by Gasteiger charge is 2.30. The number of halogens is 1. The summed E-state index contributed by atoms with van der Waals surface area (Å²) in [5.41, 5.74) is 1.02. The van der Waals surface area contributed by atoms with Crippen LogP contribution in [0.2, 0.25) is 5.02 Å². The molecular weight excluding hydrogens is 250 g/mol. The predicted octanol–water partition coefficient (Wildman–Crippen LogP) is 2.70. The maximum Gasteiger partial charge on any atom is 0.261 e. The van der Waals surface area contributed by atoms with Crippen LogP contribution < -0.4 is 10.1 Å². The van der Waals surface area contributed by atoms with Crippen LogP contribution in [0.4, 0.5) is 0 Å². The minimum atomic E-state index is -0.390. The molecule has 1 amide bonds. The molecule has 96 valence electrons. The van der Waals surface area contributed by atoms with Crippen molar-refractivity contribution in [3.63, 3.8) is 0 Å². The van der Waals surface area contributed by atoms with Gasteiger partial charge in [-0.05, 0) is 36.6 Å². The van der Waals surface area contributed by atoms with Crippen LogP contribution in [0.1, 0.15) is 31.2 Å². The molecule has 3 rings (SSSR count). The van der Waals surface area contributed by atoms with Crippen LogP contribution >= 0.6 is 11.6 Å². The first-order valence-corrected chi connectivity index (χ1v) is 6.85. The first-order valence-electron chi connectivity index (χ1n) is 6.48. The van der Waals surface area contributed by atoms with Crippen molar-refractivity contribution in [2.24, 2.45) is 0 Å². The number of fused-ring (bicyclic) bond motifs is 1. The van der Waals surface area contributed by atoms with Gasteiger partial charge < -0.3 is 10.1 Å². The lowest BCUT2D eigenvalue weighted by Gasteiger charge is -2.15. The number of benzene rings is 1. The van der Waals surface area contributed by atoms with E-state index in [1.165, 1.54) is 12.8 Å². The molecule has 1 unspecified atom stereocenters. The van der Waals surface area contributed by atoms with E-state index in [0.29, 0.717) is 17.5 Å². The van der Waals surface area contributed by atoms with Crippen LogP contribution in [0.25, 0.3) is 0 Å². The molecule has 0 saturated heterocycles. The van der Waals surface area contributed by atoms with Gasteiger partial charge in [0.05, 0.1) is 0 Å². The standard InChI is InChI=1S/C14H16ClNO2/c15-10-5-6-12-9(7-10)8-13(18-12)14(17)16-11-3-1-2-4-11/h5-7,11,13H,1-4,8H2,(H,16,17). The number of carbonyl (C=O) groups is 1. The highest BCUT2D eigenvalue weighted by Crippen LogP contribution is 2.31. The lowest BCUT2D eigenvalue weighted by Crippen LogP contribution is -2.42. The molecule has 1 aromatic rings. The fourth-order valence-corrected chi connectivity index (χ4v) is 2.92. The Morgan fingerprint density at radius 2 is 2.11 bits per heavy atom. The number of ether oxygens (including phenoxy) is 1. The molecule has 3 nitrogen and oxygen atoms in total. The third-order valence-corrected chi connectivity index (χ3v) is 3.93. The van der Waals surface area contributed by atoms with E-state index in [0.717, 1.165) is 24.2 Å². The van der Waals surface area contributed by atoms with Crippen LogP contribution in [0.3, 0.4) is 0 Å². The van der Waals surface area contributed by atoms with Gasteiger partial charge in [0.2, 0.25) is 0 Å². The summed E-state index contributed by atoms with van der Waals surface area (Å²) in [6.45, 7) is 0. The molecule has 1 aliphatic carbocycles. The molecule has 0 bridgehead atoms. The molecular formula is C14H16ClNO2. The quantitative estimate of drug-likeness (QED) is 0.893. The Morgan fingerprint density at radius 3 is 2.89 bits per heavy atom. The molecule has 1 aromatic carbocycles. The van der Waals surface area contributed by atoms with Gasteiger partial charge in [-0.25, -0.2) is 0 Å². The maximum absolute atomic E-state index is 12.1. The molecule has 1 saturated carbocycles. The number of hydrogen-bond donors (Lipinski definition) is 1. The van der Waals surface area contributed by atoms with Gasteiger partial charge in [0.15, 0.2) is 6.10 Å². The molecule has 1 fully saturated rings. The lowest BCUT2D eigenvalue weighted by molar-refractivity contribution is -0.127. The van der Waals surface area contributed by atoms with Gasteiger partial charge >= 0.3 is 0 Å². The summed E-state index contributed by atoms with van der Waals surface area (Å²) < 4.78 is 5.66. The van der Waals surface area contributed by atoms with E-state index >= 15 is 0 Å². The SMILES string of the molecule is O=C(NC1CCCC1)C1Cc2cc(Cl)ccc2O1. The normalized spacial score (nSPS) is 22.6. The van der Waals surface area contributed by atoms with Crippen molar-refractivity contribution in [2.75, 3.05) is 0 Å². The zero-order chi connectivity index (χ0) is 12.5. The van der Waals surface area contributed by atoms with Gasteiger partial charge in [0.25, 0.3) is 5.91 Å². The van der Waals surface area contributed by atoms with Gasteiger partial charge in [0.1, 0.15) is 5.75 Å². The summed E-state index contributed by atoms with van der Waals surface area (Å²) in [6.07, 6.45) is 4.85. The predicted molar refractivity (Wildman–Crippen MR) is 70.0 cm³/mol. The summed E-state index contributed by atoms with van der Waals surface area (Å²) in [4.78, 5) is 12.1. The molecule has 1 atom stereocenters. The van der Waals surface area contributed by atoms with Crippen molar-refractivity contribution in [3.8, 4) is 5.75 Å². The number of nitrogens with one attached hydrogen (secondary N) is 1. The highest BCUT2D eigenvalue weighted by atomic mass is 35.5. The Hall–Kier alpha value is -1.22. The van der Waals surface area contributed by atoms with E-state index in [2.05, 4.69) is 5.32 Å². The molecule has 0 aromatic heterocycles. The minimum Gasteiger partial charge on any atom is -0.480 e. The van der Waals surface area contributed by atoms with Crippen LogP contribution in [0.15, 0.2) is 18.2 Å². The summed E-state index contributed by atoms with van der Waals surface area (Å²) in [5.74, 6) is 0.792.